The largest absolute Gasteiger partial charge is 0.449 e. The number of hydrogen-bond donors (Lipinski definition) is 1. The summed E-state index contributed by atoms with van der Waals surface area (Å²) >= 11 is 0. The topological polar surface area (TPSA) is 107 Å². The Morgan fingerprint density at radius 3 is 1.48 bits per heavy atom. The smallest absolute Gasteiger partial charge is 0.438 e. The normalized spacial score (nSPS) is 16.1. The highest BCUT2D eigenvalue weighted by Crippen LogP contribution is 2.47. The van der Waals surface area contributed by atoms with Gasteiger partial charge in [0.15, 0.2) is 0 Å². The highest BCUT2D eigenvalue weighted by atomic mass is 32.2. The Hall–Kier alpha value is -1.78. The number of carbonyl (C=O) groups excluding carboxylic acids is 2. The molecular weight excluding hydrogens is 459 g/mol. The summed E-state index contributed by atoms with van der Waals surface area (Å²) in [6.07, 6.45) is -21.6. The Bertz CT molecular complexity index is 709. The van der Waals surface area contributed by atoms with Crippen LogP contribution in [0.5, 0.6) is 0 Å². The minimum absolute atomic E-state index is 0.324. The van der Waals surface area contributed by atoms with E-state index in [0.29, 0.717) is 6.92 Å². The molecule has 0 fully saturated rings. The van der Waals surface area contributed by atoms with E-state index >= 15 is 0 Å². The number of carbonyl (C=O) groups is 2. The molecule has 0 aliphatic rings. The predicted molar refractivity (Wildman–Crippen MR) is 72.8 cm³/mol. The molecule has 29 heavy (non-hydrogen) atoms. The van der Waals surface area contributed by atoms with Gasteiger partial charge in [-0.2, -0.15) is 47.9 Å². The molecule has 0 spiro atoms. The molecule has 17 heteroatoms. The van der Waals surface area contributed by atoms with Crippen LogP contribution < -0.4 is 0 Å². The van der Waals surface area contributed by atoms with Crippen LogP contribution in [0.3, 0.4) is 0 Å². The number of esters is 2. The van der Waals surface area contributed by atoms with Gasteiger partial charge in [0, 0.05) is 0 Å². The van der Waals surface area contributed by atoms with Gasteiger partial charge < -0.3 is 9.47 Å². The SMILES string of the molecule is CCC(C)(OC(=O)CC(=O)OC(CS(=O)(=O)O)(C(F)(F)F)C(F)(F)F)C(F)(F)F. The molecule has 172 valence electrons. The van der Waals surface area contributed by atoms with E-state index in [2.05, 4.69) is 9.47 Å². The third-order valence-electron chi connectivity index (χ3n) is 3.49. The zero-order chi connectivity index (χ0) is 23.7. The molecule has 7 nitrogen and oxygen atoms in total. The van der Waals surface area contributed by atoms with E-state index in [1.165, 1.54) is 0 Å². The van der Waals surface area contributed by atoms with Crippen LogP contribution in [-0.2, 0) is 29.2 Å². The van der Waals surface area contributed by atoms with Crippen molar-refractivity contribution >= 4 is 22.1 Å². The number of halogens is 9. The second kappa shape index (κ2) is 8.16. The van der Waals surface area contributed by atoms with Crippen molar-refractivity contribution in [3.8, 4) is 0 Å². The van der Waals surface area contributed by atoms with Crippen LogP contribution in [0.25, 0.3) is 0 Å². The summed E-state index contributed by atoms with van der Waals surface area (Å²) in [7, 11) is -6.06. The van der Waals surface area contributed by atoms with Crippen molar-refractivity contribution in [2.75, 3.05) is 5.75 Å². The molecular formula is C12H13F9O7S. The summed E-state index contributed by atoms with van der Waals surface area (Å²) in [5.74, 6) is -8.10. The number of ether oxygens (including phenoxy) is 2. The van der Waals surface area contributed by atoms with E-state index in [1.54, 1.807) is 0 Å². The van der Waals surface area contributed by atoms with E-state index in [4.69, 9.17) is 4.55 Å². The number of alkyl halides is 9. The summed E-state index contributed by atoms with van der Waals surface area (Å²) in [5, 5.41) is 0. The molecule has 1 N–H and O–H groups in total. The number of rotatable bonds is 7. The highest BCUT2D eigenvalue weighted by Gasteiger charge is 2.76. The zero-order valence-corrected chi connectivity index (χ0v) is 15.1. The molecule has 0 radical (unpaired) electrons. The van der Waals surface area contributed by atoms with Crippen molar-refractivity contribution < 1.29 is 71.5 Å². The predicted octanol–water partition coefficient (Wildman–Crippen LogP) is 2.95. The minimum Gasteiger partial charge on any atom is -0.449 e. The van der Waals surface area contributed by atoms with Crippen LogP contribution in [0.15, 0.2) is 0 Å². The van der Waals surface area contributed by atoms with Gasteiger partial charge in [-0.3, -0.25) is 14.1 Å². The van der Waals surface area contributed by atoms with Crippen LogP contribution in [0.1, 0.15) is 26.7 Å². The van der Waals surface area contributed by atoms with Gasteiger partial charge >= 0.3 is 36.1 Å². The molecule has 1 atom stereocenters. The monoisotopic (exact) mass is 472 g/mol. The molecule has 0 bridgehead atoms. The molecule has 0 saturated heterocycles. The molecule has 0 aromatic rings. The Kier molecular flexibility index (Phi) is 7.66. The fraction of sp³-hybridized carbons (Fsp3) is 0.833. The Balaban J connectivity index is 5.80. The summed E-state index contributed by atoms with van der Waals surface area (Å²) in [6, 6.07) is 0. The average Bonchev–Trinajstić information content (AvgIpc) is 2.40. The van der Waals surface area contributed by atoms with E-state index in [1.807, 2.05) is 0 Å². The molecule has 0 aliphatic heterocycles. The fourth-order valence-corrected chi connectivity index (χ4v) is 2.59. The van der Waals surface area contributed by atoms with Gasteiger partial charge in [0.25, 0.3) is 10.1 Å². The van der Waals surface area contributed by atoms with Crippen LogP contribution in [0.2, 0.25) is 0 Å². The first-order valence-corrected chi connectivity index (χ1v) is 8.71. The molecule has 0 aromatic heterocycles. The minimum atomic E-state index is -6.65. The third kappa shape index (κ3) is 6.61. The Morgan fingerprint density at radius 2 is 1.21 bits per heavy atom. The molecule has 0 rings (SSSR count). The van der Waals surface area contributed by atoms with Crippen LogP contribution in [-0.4, -0.2) is 60.4 Å². The lowest BCUT2D eigenvalue weighted by Crippen LogP contribution is -2.63. The first kappa shape index (κ1) is 27.2. The van der Waals surface area contributed by atoms with E-state index < -0.39 is 70.4 Å². The Morgan fingerprint density at radius 1 is 0.828 bits per heavy atom. The van der Waals surface area contributed by atoms with Gasteiger partial charge in [-0.1, -0.05) is 6.92 Å². The fourth-order valence-electron chi connectivity index (χ4n) is 1.69. The van der Waals surface area contributed by atoms with Crippen LogP contribution in [0, 0.1) is 0 Å². The summed E-state index contributed by atoms with van der Waals surface area (Å²) in [4.78, 5) is 22.8. The maximum atomic E-state index is 12.9. The lowest BCUT2D eigenvalue weighted by molar-refractivity contribution is -0.361. The van der Waals surface area contributed by atoms with Crippen LogP contribution in [0.4, 0.5) is 39.5 Å². The molecule has 0 heterocycles. The van der Waals surface area contributed by atoms with Crippen molar-refractivity contribution in [3.05, 3.63) is 0 Å². The summed E-state index contributed by atoms with van der Waals surface area (Å²) in [5.41, 5.74) is -9.01. The lowest BCUT2D eigenvalue weighted by Gasteiger charge is -2.35. The highest BCUT2D eigenvalue weighted by molar-refractivity contribution is 7.85. The second-order valence-corrected chi connectivity index (χ2v) is 7.21. The van der Waals surface area contributed by atoms with Crippen molar-refractivity contribution in [3.63, 3.8) is 0 Å². The molecule has 0 aliphatic carbocycles. The van der Waals surface area contributed by atoms with Crippen molar-refractivity contribution in [1.82, 2.24) is 0 Å². The van der Waals surface area contributed by atoms with Gasteiger partial charge in [0.1, 0.15) is 12.2 Å². The first-order chi connectivity index (χ1) is 12.5. The van der Waals surface area contributed by atoms with Gasteiger partial charge in [0.2, 0.25) is 5.60 Å². The lowest BCUT2D eigenvalue weighted by atomic mass is 10.0. The average molecular weight is 472 g/mol. The third-order valence-corrected chi connectivity index (χ3v) is 4.26. The van der Waals surface area contributed by atoms with Crippen molar-refractivity contribution in [1.29, 1.82) is 0 Å². The number of hydrogen-bond acceptors (Lipinski definition) is 6. The Labute approximate surface area is 156 Å². The molecule has 0 saturated carbocycles. The van der Waals surface area contributed by atoms with Crippen molar-refractivity contribution in [2.24, 2.45) is 0 Å². The van der Waals surface area contributed by atoms with E-state index in [0.717, 1.165) is 6.92 Å². The maximum Gasteiger partial charge on any atom is 0.438 e. The molecule has 1 unspecified atom stereocenters. The molecule has 0 amide bonds. The second-order valence-electron chi connectivity index (χ2n) is 5.76. The first-order valence-electron chi connectivity index (χ1n) is 7.10. The van der Waals surface area contributed by atoms with Gasteiger partial charge in [0.05, 0.1) is 0 Å². The molecule has 0 aromatic carbocycles. The quantitative estimate of drug-likeness (QED) is 0.263. The van der Waals surface area contributed by atoms with Crippen molar-refractivity contribution in [2.45, 2.75) is 56.4 Å². The summed E-state index contributed by atoms with van der Waals surface area (Å²) in [6.45, 7) is 1.20. The van der Waals surface area contributed by atoms with Gasteiger partial charge in [-0.05, 0) is 13.3 Å². The van der Waals surface area contributed by atoms with Gasteiger partial charge in [-0.25, -0.2) is 0 Å². The van der Waals surface area contributed by atoms with E-state index in [-0.39, 0.29) is 0 Å². The zero-order valence-electron chi connectivity index (χ0n) is 14.3. The van der Waals surface area contributed by atoms with E-state index in [9.17, 15) is 57.5 Å². The van der Waals surface area contributed by atoms with Crippen LogP contribution >= 0.6 is 0 Å². The standard InChI is InChI=1S/C12H13F9O7S/c1-3-8(2,10(13,14)15)27-6(22)4-7(23)28-9(11(16,17)18,12(19,20)21)5-29(24,25)26/h3-5H2,1-2H3,(H,24,25,26). The summed E-state index contributed by atoms with van der Waals surface area (Å²) < 4.78 is 153. The maximum absolute atomic E-state index is 12.9. The van der Waals surface area contributed by atoms with Gasteiger partial charge in [-0.15, -0.1) is 0 Å².